The first-order valence-electron chi connectivity index (χ1n) is 11.7. The molecule has 0 radical (unpaired) electrons. The highest BCUT2D eigenvalue weighted by molar-refractivity contribution is 6.35. The summed E-state index contributed by atoms with van der Waals surface area (Å²) in [4.78, 5) is 31.2. The monoisotopic (exact) mass is 451 g/mol. The third-order valence-corrected chi connectivity index (χ3v) is 5.92. The highest BCUT2D eigenvalue weighted by Gasteiger charge is 2.26. The molecule has 1 aromatic carbocycles. The fourth-order valence-corrected chi connectivity index (χ4v) is 4.20. The van der Waals surface area contributed by atoms with Gasteiger partial charge in [-0.05, 0) is 77.5 Å². The summed E-state index contributed by atoms with van der Waals surface area (Å²) in [5.41, 5.74) is 6.14. The van der Waals surface area contributed by atoms with Crippen LogP contribution in [0.4, 0.5) is 11.4 Å². The average molecular weight is 452 g/mol. The molecule has 3 rings (SSSR count). The van der Waals surface area contributed by atoms with E-state index in [4.69, 9.17) is 0 Å². The van der Waals surface area contributed by atoms with Gasteiger partial charge in [-0.2, -0.15) is 0 Å². The second-order valence-electron chi connectivity index (χ2n) is 9.59. The lowest BCUT2D eigenvalue weighted by atomic mass is 10.0. The van der Waals surface area contributed by atoms with Gasteiger partial charge in [0, 0.05) is 47.0 Å². The summed E-state index contributed by atoms with van der Waals surface area (Å²) >= 11 is 0. The van der Waals surface area contributed by atoms with Gasteiger partial charge in [-0.3, -0.25) is 9.59 Å². The predicted octanol–water partition coefficient (Wildman–Crippen LogP) is 4.41. The van der Waals surface area contributed by atoms with Crippen LogP contribution in [0.2, 0.25) is 0 Å². The number of nitrogens with one attached hydrogen (secondary N) is 4. The van der Waals surface area contributed by atoms with Crippen LogP contribution < -0.4 is 16.0 Å². The van der Waals surface area contributed by atoms with E-state index in [0.29, 0.717) is 17.7 Å². The van der Waals surface area contributed by atoms with E-state index in [1.807, 2.05) is 38.1 Å². The molecule has 1 aromatic heterocycles. The Kier molecular flexibility index (Phi) is 7.32. The Morgan fingerprint density at radius 3 is 2.48 bits per heavy atom. The molecule has 33 heavy (non-hydrogen) atoms. The molecular formula is C26H37N5O2. The van der Waals surface area contributed by atoms with Crippen molar-refractivity contribution in [3.8, 4) is 0 Å². The lowest BCUT2D eigenvalue weighted by molar-refractivity contribution is -0.110. The largest absolute Gasteiger partial charge is 0.380 e. The number of carbonyl (C=O) groups excluding carboxylic acids is 2. The van der Waals surface area contributed by atoms with Crippen molar-refractivity contribution < 1.29 is 9.59 Å². The van der Waals surface area contributed by atoms with Crippen molar-refractivity contribution in [2.24, 2.45) is 0 Å². The van der Waals surface area contributed by atoms with Gasteiger partial charge < -0.3 is 25.8 Å². The molecular weight excluding hydrogens is 414 g/mol. The molecule has 0 spiro atoms. The minimum Gasteiger partial charge on any atom is -0.380 e. The number of nitrogens with zero attached hydrogens (tertiary/aromatic N) is 1. The van der Waals surface area contributed by atoms with Gasteiger partial charge in [0.05, 0.1) is 11.1 Å². The van der Waals surface area contributed by atoms with Crippen molar-refractivity contribution >= 4 is 34.8 Å². The molecule has 1 aliphatic heterocycles. The maximum atomic E-state index is 12.9. The molecule has 0 unspecified atom stereocenters. The molecule has 2 aromatic rings. The van der Waals surface area contributed by atoms with Gasteiger partial charge in [0.15, 0.2) is 0 Å². The molecule has 178 valence electrons. The summed E-state index contributed by atoms with van der Waals surface area (Å²) in [6, 6.07) is 5.89. The SMILES string of the molecule is CCN(CC)CCNC(=O)c1c(C)[nH]c(/C=C2\C(=O)Nc3ccc(NC(C)(C)C)cc32)c1C. The molecule has 7 nitrogen and oxygen atoms in total. The Morgan fingerprint density at radius 1 is 1.15 bits per heavy atom. The van der Waals surface area contributed by atoms with Crippen LogP contribution in [0.25, 0.3) is 11.6 Å². The first-order valence-corrected chi connectivity index (χ1v) is 11.7. The molecule has 0 fully saturated rings. The topological polar surface area (TPSA) is 89.3 Å². The Morgan fingerprint density at radius 2 is 1.85 bits per heavy atom. The van der Waals surface area contributed by atoms with Gasteiger partial charge in [0.25, 0.3) is 11.8 Å². The average Bonchev–Trinajstić information content (AvgIpc) is 3.19. The van der Waals surface area contributed by atoms with Crippen molar-refractivity contribution in [1.82, 2.24) is 15.2 Å². The molecule has 0 atom stereocenters. The molecule has 1 aliphatic rings. The summed E-state index contributed by atoms with van der Waals surface area (Å²) in [6.07, 6.45) is 1.84. The quantitative estimate of drug-likeness (QED) is 0.448. The Balaban J connectivity index is 1.86. The number of H-pyrrole nitrogens is 1. The van der Waals surface area contributed by atoms with E-state index in [2.05, 4.69) is 60.5 Å². The number of fused-ring (bicyclic) bond motifs is 1. The van der Waals surface area contributed by atoms with E-state index >= 15 is 0 Å². The van der Waals surface area contributed by atoms with E-state index in [9.17, 15) is 9.59 Å². The van der Waals surface area contributed by atoms with Crippen molar-refractivity contribution in [2.75, 3.05) is 36.8 Å². The Labute approximate surface area is 197 Å². The number of amides is 2. The van der Waals surface area contributed by atoms with Gasteiger partial charge in [-0.1, -0.05) is 13.8 Å². The van der Waals surface area contributed by atoms with Gasteiger partial charge in [0.1, 0.15) is 0 Å². The van der Waals surface area contributed by atoms with Crippen LogP contribution in [0.3, 0.4) is 0 Å². The number of rotatable bonds is 8. The number of benzene rings is 1. The fourth-order valence-electron chi connectivity index (χ4n) is 4.20. The standard InChI is InChI=1S/C26H37N5O2/c1-8-31(9-2)13-12-27-25(33)23-16(3)22(28-17(23)4)15-20-19-14-18(30-26(5,6)7)10-11-21(19)29-24(20)32/h10-11,14-15,28,30H,8-9,12-13H2,1-7H3,(H,27,33)(H,29,32)/b20-15-. The van der Waals surface area contributed by atoms with Crippen LogP contribution in [0.5, 0.6) is 0 Å². The molecule has 2 heterocycles. The highest BCUT2D eigenvalue weighted by Crippen LogP contribution is 2.36. The second-order valence-corrected chi connectivity index (χ2v) is 9.59. The fraction of sp³-hybridized carbons (Fsp3) is 0.462. The van der Waals surface area contributed by atoms with E-state index < -0.39 is 0 Å². The molecule has 7 heteroatoms. The number of hydrogen-bond donors (Lipinski definition) is 4. The zero-order valence-electron chi connectivity index (χ0n) is 20.9. The summed E-state index contributed by atoms with van der Waals surface area (Å²) in [6.45, 7) is 17.7. The third-order valence-electron chi connectivity index (χ3n) is 5.92. The molecule has 0 bridgehead atoms. The molecule has 4 N–H and O–H groups in total. The summed E-state index contributed by atoms with van der Waals surface area (Å²) in [7, 11) is 0. The molecule has 2 amide bonds. The summed E-state index contributed by atoms with van der Waals surface area (Å²) in [5, 5.41) is 9.42. The van der Waals surface area contributed by atoms with Crippen LogP contribution in [0, 0.1) is 13.8 Å². The van der Waals surface area contributed by atoms with Crippen molar-refractivity contribution in [1.29, 1.82) is 0 Å². The Hall–Kier alpha value is -3.06. The predicted molar refractivity (Wildman–Crippen MR) is 137 cm³/mol. The zero-order chi connectivity index (χ0) is 24.3. The zero-order valence-corrected chi connectivity index (χ0v) is 20.9. The number of aromatic nitrogens is 1. The van der Waals surface area contributed by atoms with Gasteiger partial charge in [0.2, 0.25) is 0 Å². The number of aryl methyl sites for hydroxylation is 1. The summed E-state index contributed by atoms with van der Waals surface area (Å²) in [5.74, 6) is -0.235. The van der Waals surface area contributed by atoms with E-state index in [1.54, 1.807) is 0 Å². The number of anilines is 2. The van der Waals surface area contributed by atoms with Crippen LogP contribution >= 0.6 is 0 Å². The third kappa shape index (κ3) is 5.66. The highest BCUT2D eigenvalue weighted by atomic mass is 16.2. The molecule has 0 saturated carbocycles. The van der Waals surface area contributed by atoms with Gasteiger partial charge in [-0.25, -0.2) is 0 Å². The smallest absolute Gasteiger partial charge is 0.256 e. The first kappa shape index (κ1) is 24.6. The van der Waals surface area contributed by atoms with Gasteiger partial charge >= 0.3 is 0 Å². The van der Waals surface area contributed by atoms with Crippen molar-refractivity contribution in [3.05, 3.63) is 46.3 Å². The van der Waals surface area contributed by atoms with E-state index in [1.165, 1.54) is 0 Å². The first-order chi connectivity index (χ1) is 15.5. The van der Waals surface area contributed by atoms with Crippen LogP contribution in [-0.4, -0.2) is 53.4 Å². The lowest BCUT2D eigenvalue weighted by Gasteiger charge is -2.22. The minimum absolute atomic E-state index is 0.0884. The maximum Gasteiger partial charge on any atom is 0.256 e. The van der Waals surface area contributed by atoms with Crippen molar-refractivity contribution in [3.63, 3.8) is 0 Å². The van der Waals surface area contributed by atoms with E-state index in [-0.39, 0.29) is 17.4 Å². The maximum absolute atomic E-state index is 12.9. The van der Waals surface area contributed by atoms with Gasteiger partial charge in [-0.15, -0.1) is 0 Å². The second kappa shape index (κ2) is 9.83. The molecule has 0 aliphatic carbocycles. The normalized spacial score (nSPS) is 14.5. The lowest BCUT2D eigenvalue weighted by Crippen LogP contribution is -2.35. The number of carbonyl (C=O) groups is 2. The molecule has 0 saturated heterocycles. The van der Waals surface area contributed by atoms with Crippen LogP contribution in [0.1, 0.15) is 67.5 Å². The van der Waals surface area contributed by atoms with Crippen molar-refractivity contribution in [2.45, 2.75) is 54.0 Å². The number of hydrogen-bond acceptors (Lipinski definition) is 4. The Bertz CT molecular complexity index is 1070. The minimum atomic E-state index is -0.144. The number of aromatic amines is 1. The van der Waals surface area contributed by atoms with Crippen LogP contribution in [-0.2, 0) is 4.79 Å². The number of likely N-dealkylation sites (N-methyl/N-ethyl adjacent to an activating group) is 1. The summed E-state index contributed by atoms with van der Waals surface area (Å²) < 4.78 is 0. The van der Waals surface area contributed by atoms with Crippen LogP contribution in [0.15, 0.2) is 18.2 Å². The van der Waals surface area contributed by atoms with E-state index in [0.717, 1.165) is 53.5 Å².